The summed E-state index contributed by atoms with van der Waals surface area (Å²) in [4.78, 5) is 39.7. The van der Waals surface area contributed by atoms with Gasteiger partial charge in [-0.3, -0.25) is 24.3 Å². The Hall–Kier alpha value is -2.78. The topological polar surface area (TPSA) is 95.1 Å². The minimum atomic E-state index is -0.518. The van der Waals surface area contributed by atoms with Crippen molar-refractivity contribution < 1.29 is 26.7 Å². The van der Waals surface area contributed by atoms with Crippen LogP contribution in [0.15, 0.2) is 71.1 Å². The number of non-ortho nitro benzene ring substituents is 1. The van der Waals surface area contributed by atoms with Gasteiger partial charge < -0.3 is 17.0 Å². The molecule has 0 bridgehead atoms. The zero-order valence-electron chi connectivity index (χ0n) is 14.6. The molecule has 1 heterocycles. The Labute approximate surface area is 175 Å². The number of aromatic nitrogens is 2. The number of nitro benzene ring substituents is 1. The summed E-state index contributed by atoms with van der Waals surface area (Å²) in [6.45, 7) is 3.95. The van der Waals surface area contributed by atoms with Gasteiger partial charge in [-0.05, 0) is 24.3 Å². The second-order valence-electron chi connectivity index (χ2n) is 5.63. The molecular weight excluding hydrogens is 446 g/mol. The number of ketones is 1. The number of benzene rings is 2. The lowest BCUT2D eigenvalue weighted by atomic mass is 10.1. The Morgan fingerprint density at radius 2 is 1.89 bits per heavy atom. The number of allylic oxidation sites excluding steroid dienone is 1. The minimum absolute atomic E-state index is 0. The molecule has 0 aliphatic rings. The van der Waals surface area contributed by atoms with Gasteiger partial charge >= 0.3 is 0 Å². The van der Waals surface area contributed by atoms with Gasteiger partial charge in [0.2, 0.25) is 0 Å². The van der Waals surface area contributed by atoms with E-state index in [9.17, 15) is 19.7 Å². The largest absolute Gasteiger partial charge is 1.00 e. The maximum Gasteiger partial charge on any atom is 0.269 e. The summed E-state index contributed by atoms with van der Waals surface area (Å²) in [6.07, 6.45) is 1.60. The van der Waals surface area contributed by atoms with Gasteiger partial charge in [0.1, 0.15) is 0 Å². The van der Waals surface area contributed by atoms with E-state index in [1.165, 1.54) is 28.8 Å². The number of hydrogen-bond donors (Lipinski definition) is 0. The molecule has 0 amide bonds. The second-order valence-corrected chi connectivity index (χ2v) is 6.57. The van der Waals surface area contributed by atoms with Gasteiger partial charge in [-0.15, -0.1) is 6.58 Å². The molecule has 0 unspecified atom stereocenters. The predicted molar refractivity (Wildman–Crippen MR) is 104 cm³/mol. The Morgan fingerprint density at radius 1 is 1.21 bits per heavy atom. The molecule has 2 aromatic carbocycles. The molecule has 0 fully saturated rings. The molecule has 3 rings (SSSR count). The smallest absolute Gasteiger partial charge is 0.269 e. The minimum Gasteiger partial charge on any atom is -1.00 e. The number of nitrogens with zero attached hydrogens (tertiary/aromatic N) is 3. The van der Waals surface area contributed by atoms with Crippen LogP contribution in [0.2, 0.25) is 0 Å². The van der Waals surface area contributed by atoms with Crippen molar-refractivity contribution in [2.75, 3.05) is 5.75 Å². The molecule has 144 valence electrons. The monoisotopic (exact) mass is 460 g/mol. The van der Waals surface area contributed by atoms with Crippen LogP contribution in [0.5, 0.6) is 0 Å². The van der Waals surface area contributed by atoms with Crippen LogP contribution < -0.4 is 22.5 Å². The Kier molecular flexibility index (Phi) is 7.24. The summed E-state index contributed by atoms with van der Waals surface area (Å²) in [7, 11) is 0. The van der Waals surface area contributed by atoms with Gasteiger partial charge in [0, 0.05) is 24.2 Å². The van der Waals surface area contributed by atoms with Crippen molar-refractivity contribution in [2.45, 2.75) is 11.7 Å². The van der Waals surface area contributed by atoms with Gasteiger partial charge in [-0.2, -0.15) is 0 Å². The first-order chi connectivity index (χ1) is 13.0. The first-order valence-electron chi connectivity index (χ1n) is 8.02. The number of thioether (sulfide) groups is 1. The third-order valence-corrected chi connectivity index (χ3v) is 4.85. The van der Waals surface area contributed by atoms with Crippen LogP contribution in [0.25, 0.3) is 10.9 Å². The van der Waals surface area contributed by atoms with Crippen LogP contribution in [0.4, 0.5) is 5.69 Å². The zero-order valence-corrected chi connectivity index (χ0v) is 17.0. The SMILES string of the molecule is C=CCn1c(SCC(=O)c2ccc([N+](=O)[O-])cc2)nc2ccccc2c1=O.[Br-]. The zero-order chi connectivity index (χ0) is 19.4. The maximum atomic E-state index is 12.7. The summed E-state index contributed by atoms with van der Waals surface area (Å²) in [6, 6.07) is 12.5. The number of rotatable bonds is 7. The molecule has 3 aromatic rings. The van der Waals surface area contributed by atoms with Crippen molar-refractivity contribution >= 4 is 34.1 Å². The molecule has 28 heavy (non-hydrogen) atoms. The van der Waals surface area contributed by atoms with Gasteiger partial charge in [0.25, 0.3) is 11.2 Å². The molecule has 9 heteroatoms. The van der Waals surface area contributed by atoms with Gasteiger partial charge in [0.05, 0.1) is 21.6 Å². The number of carbonyl (C=O) groups excluding carboxylic acids is 1. The van der Waals surface area contributed by atoms with E-state index in [0.717, 1.165) is 11.8 Å². The van der Waals surface area contributed by atoms with Crippen molar-refractivity contribution in [2.24, 2.45) is 0 Å². The Morgan fingerprint density at radius 3 is 2.54 bits per heavy atom. The molecule has 0 radical (unpaired) electrons. The molecule has 0 spiro atoms. The fourth-order valence-corrected chi connectivity index (χ4v) is 3.43. The standard InChI is InChI=1S/C19H15N3O4S.BrH/c1-2-11-21-18(24)15-5-3-4-6-16(15)20-19(21)27-12-17(23)13-7-9-14(10-8-13)22(25)26;/h2-10H,1,11-12H2;1H/p-1. The summed E-state index contributed by atoms with van der Waals surface area (Å²) in [5.74, 6) is -0.151. The number of hydrogen-bond acceptors (Lipinski definition) is 6. The third-order valence-electron chi connectivity index (χ3n) is 3.87. The molecule has 0 saturated carbocycles. The fraction of sp³-hybridized carbons (Fsp3) is 0.105. The number of carbonyl (C=O) groups is 1. The van der Waals surface area contributed by atoms with Crippen molar-refractivity contribution in [3.63, 3.8) is 0 Å². The van der Waals surface area contributed by atoms with E-state index < -0.39 is 4.92 Å². The molecule has 0 N–H and O–H groups in total. The van der Waals surface area contributed by atoms with Gasteiger partial charge in [-0.25, -0.2) is 4.98 Å². The summed E-state index contributed by atoms with van der Waals surface area (Å²) >= 11 is 1.15. The molecule has 0 atom stereocenters. The van der Waals surface area contributed by atoms with Crippen LogP contribution in [0, 0.1) is 10.1 Å². The number of nitro groups is 1. The number of Topliss-reactive ketones (excluding diaryl/α,β-unsaturated/α-hetero) is 1. The van der Waals surface area contributed by atoms with E-state index in [1.54, 1.807) is 30.3 Å². The number of fused-ring (bicyclic) bond motifs is 1. The van der Waals surface area contributed by atoms with Gasteiger partial charge in [0.15, 0.2) is 10.9 Å². The number of halogens is 1. The van der Waals surface area contributed by atoms with E-state index in [-0.39, 0.29) is 46.3 Å². The second kappa shape index (κ2) is 9.43. The van der Waals surface area contributed by atoms with Crippen molar-refractivity contribution in [3.8, 4) is 0 Å². The Balaban J connectivity index is 0.00000280. The molecule has 7 nitrogen and oxygen atoms in total. The summed E-state index contributed by atoms with van der Waals surface area (Å²) < 4.78 is 1.48. The van der Waals surface area contributed by atoms with Crippen LogP contribution in [0.1, 0.15) is 10.4 Å². The summed E-state index contributed by atoms with van der Waals surface area (Å²) in [5, 5.41) is 11.6. The van der Waals surface area contributed by atoms with Crippen molar-refractivity contribution in [1.29, 1.82) is 0 Å². The first-order valence-corrected chi connectivity index (χ1v) is 9.00. The lowest BCUT2D eigenvalue weighted by Crippen LogP contribution is -3.00. The van der Waals surface area contributed by atoms with Gasteiger partial charge in [-0.1, -0.05) is 30.0 Å². The van der Waals surface area contributed by atoms with E-state index in [0.29, 0.717) is 21.6 Å². The molecule has 0 aliphatic carbocycles. The van der Waals surface area contributed by atoms with Crippen LogP contribution >= 0.6 is 11.8 Å². The Bertz CT molecular complexity index is 1100. The van der Waals surface area contributed by atoms with Crippen molar-refractivity contribution in [3.05, 3.63) is 87.2 Å². The molecule has 0 aliphatic heterocycles. The van der Waals surface area contributed by atoms with Crippen LogP contribution in [-0.2, 0) is 6.54 Å². The third kappa shape index (κ3) is 4.55. The quantitative estimate of drug-likeness (QED) is 0.127. The highest BCUT2D eigenvalue weighted by atomic mass is 79.9. The van der Waals surface area contributed by atoms with E-state index in [4.69, 9.17) is 0 Å². The average molecular weight is 461 g/mol. The highest BCUT2D eigenvalue weighted by Crippen LogP contribution is 2.20. The lowest BCUT2D eigenvalue weighted by Gasteiger charge is -2.11. The van der Waals surface area contributed by atoms with E-state index in [2.05, 4.69) is 11.6 Å². The van der Waals surface area contributed by atoms with Crippen molar-refractivity contribution in [1.82, 2.24) is 9.55 Å². The molecule has 0 saturated heterocycles. The van der Waals surface area contributed by atoms with E-state index >= 15 is 0 Å². The highest BCUT2D eigenvalue weighted by Gasteiger charge is 2.14. The number of para-hydroxylation sites is 1. The van der Waals surface area contributed by atoms with Crippen LogP contribution in [0.3, 0.4) is 0 Å². The first kappa shape index (κ1) is 21.5. The maximum absolute atomic E-state index is 12.7. The fourth-order valence-electron chi connectivity index (χ4n) is 2.53. The molecule has 1 aromatic heterocycles. The van der Waals surface area contributed by atoms with Crippen LogP contribution in [-0.4, -0.2) is 26.0 Å². The predicted octanol–water partition coefficient (Wildman–Crippen LogP) is 0.470. The summed E-state index contributed by atoms with van der Waals surface area (Å²) in [5.41, 5.74) is 0.667. The van der Waals surface area contributed by atoms with E-state index in [1.807, 2.05) is 0 Å². The average Bonchev–Trinajstić information content (AvgIpc) is 2.68. The normalized spacial score (nSPS) is 10.3. The highest BCUT2D eigenvalue weighted by molar-refractivity contribution is 7.99. The molecular formula is C19H15BrN3O4S-. The lowest BCUT2D eigenvalue weighted by molar-refractivity contribution is -0.384.